The van der Waals surface area contributed by atoms with Gasteiger partial charge >= 0.3 is 0 Å². The molecule has 3 aromatic rings. The molecular formula is C20H23ClN4O3. The Labute approximate surface area is 167 Å². The fourth-order valence-electron chi connectivity index (χ4n) is 3.28. The van der Waals surface area contributed by atoms with Gasteiger partial charge in [-0.05, 0) is 25.5 Å². The summed E-state index contributed by atoms with van der Waals surface area (Å²) in [4.78, 5) is 25.0. The molecule has 0 spiro atoms. The minimum Gasteiger partial charge on any atom is -0.383 e. The molecule has 0 fully saturated rings. The molecule has 0 aliphatic heterocycles. The Bertz CT molecular complexity index is 1070. The SMILES string of the molecule is COCCNC(=O)Cn1ncc2c(C)n(Cc3ccccc3Cl)c(C)c2c1=O. The number of nitrogens with zero attached hydrogens (tertiary/aromatic N) is 3. The van der Waals surface area contributed by atoms with Crippen LogP contribution in [-0.4, -0.2) is 40.5 Å². The van der Waals surface area contributed by atoms with Crippen LogP contribution >= 0.6 is 11.6 Å². The number of amides is 1. The van der Waals surface area contributed by atoms with Gasteiger partial charge in [0.15, 0.2) is 0 Å². The van der Waals surface area contributed by atoms with Gasteiger partial charge in [0.25, 0.3) is 5.56 Å². The average molecular weight is 403 g/mol. The summed E-state index contributed by atoms with van der Waals surface area (Å²) in [6.07, 6.45) is 1.64. The van der Waals surface area contributed by atoms with Crippen molar-refractivity contribution in [1.29, 1.82) is 0 Å². The number of hydrogen-bond donors (Lipinski definition) is 1. The highest BCUT2D eigenvalue weighted by Gasteiger charge is 2.18. The topological polar surface area (TPSA) is 78.2 Å². The van der Waals surface area contributed by atoms with Gasteiger partial charge in [0.05, 0.1) is 18.2 Å². The van der Waals surface area contributed by atoms with Gasteiger partial charge in [0.1, 0.15) is 6.54 Å². The Morgan fingerprint density at radius 3 is 2.71 bits per heavy atom. The van der Waals surface area contributed by atoms with Crippen LogP contribution in [0.15, 0.2) is 35.3 Å². The minimum atomic E-state index is -0.282. The van der Waals surface area contributed by atoms with E-state index >= 15 is 0 Å². The second-order valence-electron chi connectivity index (χ2n) is 6.59. The quantitative estimate of drug-likeness (QED) is 0.615. The third-order valence-electron chi connectivity index (χ3n) is 4.81. The van der Waals surface area contributed by atoms with Crippen molar-refractivity contribution in [3.63, 3.8) is 0 Å². The number of fused-ring (bicyclic) bond motifs is 1. The zero-order valence-corrected chi connectivity index (χ0v) is 16.9. The molecule has 1 amide bonds. The number of benzene rings is 1. The van der Waals surface area contributed by atoms with Crippen LogP contribution < -0.4 is 10.9 Å². The van der Waals surface area contributed by atoms with Gasteiger partial charge in [0, 0.05) is 42.0 Å². The molecule has 2 heterocycles. The van der Waals surface area contributed by atoms with Crippen molar-refractivity contribution >= 4 is 28.3 Å². The summed E-state index contributed by atoms with van der Waals surface area (Å²) < 4.78 is 8.15. The average Bonchev–Trinajstić information content (AvgIpc) is 2.91. The van der Waals surface area contributed by atoms with E-state index in [0.717, 1.165) is 22.3 Å². The van der Waals surface area contributed by atoms with Gasteiger partial charge in [-0.15, -0.1) is 0 Å². The highest BCUT2D eigenvalue weighted by molar-refractivity contribution is 6.31. The van der Waals surface area contributed by atoms with E-state index in [-0.39, 0.29) is 18.0 Å². The van der Waals surface area contributed by atoms with Crippen LogP contribution in [0.2, 0.25) is 5.02 Å². The molecule has 0 bridgehead atoms. The Kier molecular flexibility index (Phi) is 6.16. The molecule has 8 heteroatoms. The summed E-state index contributed by atoms with van der Waals surface area (Å²) in [5, 5.41) is 8.92. The fraction of sp³-hybridized carbons (Fsp3) is 0.350. The van der Waals surface area contributed by atoms with Crippen LogP contribution in [0.3, 0.4) is 0 Å². The van der Waals surface area contributed by atoms with E-state index in [1.165, 1.54) is 4.68 Å². The monoisotopic (exact) mass is 402 g/mol. The van der Waals surface area contributed by atoms with Crippen molar-refractivity contribution in [1.82, 2.24) is 19.7 Å². The maximum atomic E-state index is 13.0. The number of ether oxygens (including phenoxy) is 1. The van der Waals surface area contributed by atoms with Gasteiger partial charge in [-0.25, -0.2) is 4.68 Å². The van der Waals surface area contributed by atoms with Crippen molar-refractivity contribution in [2.24, 2.45) is 0 Å². The lowest BCUT2D eigenvalue weighted by atomic mass is 10.2. The lowest BCUT2D eigenvalue weighted by molar-refractivity contribution is -0.122. The molecule has 1 aromatic carbocycles. The third-order valence-corrected chi connectivity index (χ3v) is 5.18. The molecule has 0 unspecified atom stereocenters. The third kappa shape index (κ3) is 3.95. The number of carbonyl (C=O) groups is 1. The first-order valence-corrected chi connectivity index (χ1v) is 9.36. The number of rotatable bonds is 7. The number of carbonyl (C=O) groups excluding carboxylic acids is 1. The van der Waals surface area contributed by atoms with Crippen molar-refractivity contribution in [3.05, 3.63) is 62.8 Å². The van der Waals surface area contributed by atoms with Crippen LogP contribution in [-0.2, 0) is 22.6 Å². The minimum absolute atomic E-state index is 0.132. The molecule has 1 N–H and O–H groups in total. The van der Waals surface area contributed by atoms with E-state index in [0.29, 0.717) is 30.1 Å². The molecular weight excluding hydrogens is 380 g/mol. The first kappa shape index (κ1) is 20.1. The molecule has 0 saturated heterocycles. The van der Waals surface area contributed by atoms with E-state index in [1.54, 1.807) is 13.3 Å². The molecule has 0 radical (unpaired) electrons. The number of halogens is 1. The van der Waals surface area contributed by atoms with Crippen LogP contribution in [0.1, 0.15) is 17.0 Å². The maximum Gasteiger partial charge on any atom is 0.276 e. The largest absolute Gasteiger partial charge is 0.383 e. The first-order chi connectivity index (χ1) is 13.4. The van der Waals surface area contributed by atoms with Crippen LogP contribution in [0.4, 0.5) is 0 Å². The molecule has 3 rings (SSSR count). The molecule has 0 aliphatic rings. The van der Waals surface area contributed by atoms with E-state index in [2.05, 4.69) is 15.0 Å². The highest BCUT2D eigenvalue weighted by atomic mass is 35.5. The van der Waals surface area contributed by atoms with Crippen LogP contribution in [0, 0.1) is 13.8 Å². The number of nitrogens with one attached hydrogen (secondary N) is 1. The second-order valence-corrected chi connectivity index (χ2v) is 6.99. The zero-order valence-electron chi connectivity index (χ0n) is 16.2. The number of aryl methyl sites for hydroxylation is 2. The van der Waals surface area contributed by atoms with Gasteiger partial charge in [-0.1, -0.05) is 29.8 Å². The molecule has 28 heavy (non-hydrogen) atoms. The van der Waals surface area contributed by atoms with E-state index in [4.69, 9.17) is 16.3 Å². The lowest BCUT2D eigenvalue weighted by Gasteiger charge is -2.10. The van der Waals surface area contributed by atoms with Gasteiger partial charge in [-0.3, -0.25) is 9.59 Å². The summed E-state index contributed by atoms with van der Waals surface area (Å²) in [7, 11) is 1.56. The Balaban J connectivity index is 1.95. The molecule has 0 saturated carbocycles. The van der Waals surface area contributed by atoms with E-state index in [9.17, 15) is 9.59 Å². The van der Waals surface area contributed by atoms with Crippen LogP contribution in [0.25, 0.3) is 10.8 Å². The fourth-order valence-corrected chi connectivity index (χ4v) is 3.47. The molecule has 2 aromatic heterocycles. The predicted molar refractivity (Wildman–Crippen MR) is 109 cm³/mol. The predicted octanol–water partition coefficient (Wildman–Crippen LogP) is 2.28. The number of hydrogen-bond acceptors (Lipinski definition) is 4. The van der Waals surface area contributed by atoms with Crippen molar-refractivity contribution in [2.45, 2.75) is 26.9 Å². The maximum absolute atomic E-state index is 13.0. The zero-order chi connectivity index (χ0) is 20.3. The molecule has 148 valence electrons. The van der Waals surface area contributed by atoms with Gasteiger partial charge in [0.2, 0.25) is 5.91 Å². The van der Waals surface area contributed by atoms with Crippen molar-refractivity contribution in [2.75, 3.05) is 20.3 Å². The molecule has 7 nitrogen and oxygen atoms in total. The Morgan fingerprint density at radius 2 is 2.00 bits per heavy atom. The second kappa shape index (κ2) is 8.58. The van der Waals surface area contributed by atoms with Crippen molar-refractivity contribution in [3.8, 4) is 0 Å². The van der Waals surface area contributed by atoms with Gasteiger partial charge in [-0.2, -0.15) is 5.10 Å². The van der Waals surface area contributed by atoms with E-state index < -0.39 is 0 Å². The highest BCUT2D eigenvalue weighted by Crippen LogP contribution is 2.25. The van der Waals surface area contributed by atoms with Crippen LogP contribution in [0.5, 0.6) is 0 Å². The number of methoxy groups -OCH3 is 1. The number of aromatic nitrogens is 3. The van der Waals surface area contributed by atoms with Crippen molar-refractivity contribution < 1.29 is 9.53 Å². The lowest BCUT2D eigenvalue weighted by Crippen LogP contribution is -2.35. The summed E-state index contributed by atoms with van der Waals surface area (Å²) in [6.45, 7) is 5.08. The molecule has 0 atom stereocenters. The first-order valence-electron chi connectivity index (χ1n) is 8.98. The normalized spacial score (nSPS) is 11.1. The summed E-state index contributed by atoms with van der Waals surface area (Å²) in [5.41, 5.74) is 2.46. The standard InChI is InChI=1S/C20H23ClN4O3/c1-13-16-10-23-25(12-18(26)22-8-9-28-3)20(27)19(16)14(2)24(13)11-15-6-4-5-7-17(15)21/h4-7,10H,8-9,11-12H2,1-3H3,(H,22,26). The summed E-state index contributed by atoms with van der Waals surface area (Å²) >= 11 is 6.30. The Morgan fingerprint density at radius 1 is 1.25 bits per heavy atom. The Hall–Kier alpha value is -2.64. The smallest absolute Gasteiger partial charge is 0.276 e. The summed E-state index contributed by atoms with van der Waals surface area (Å²) in [6, 6.07) is 7.64. The van der Waals surface area contributed by atoms with Gasteiger partial charge < -0.3 is 14.6 Å². The van der Waals surface area contributed by atoms with E-state index in [1.807, 2.05) is 38.1 Å². The summed E-state index contributed by atoms with van der Waals surface area (Å²) in [5.74, 6) is -0.282. The molecule has 0 aliphatic carbocycles.